The van der Waals surface area contributed by atoms with Crippen LogP contribution in [0.5, 0.6) is 0 Å². The lowest BCUT2D eigenvalue weighted by Gasteiger charge is -2.26. The fourth-order valence-electron chi connectivity index (χ4n) is 2.12. The Kier molecular flexibility index (Phi) is 3.88. The molecule has 0 heterocycles. The summed E-state index contributed by atoms with van der Waals surface area (Å²) in [7, 11) is 0. The van der Waals surface area contributed by atoms with E-state index in [9.17, 15) is 4.79 Å². The van der Waals surface area contributed by atoms with Gasteiger partial charge in [-0.3, -0.25) is 4.79 Å². The van der Waals surface area contributed by atoms with E-state index in [-0.39, 0.29) is 14.6 Å². The molecule has 4 heteroatoms. The summed E-state index contributed by atoms with van der Waals surface area (Å²) in [5.74, 6) is 0.128. The van der Waals surface area contributed by atoms with Crippen LogP contribution in [-0.4, -0.2) is 20.6 Å². The first-order valence-corrected chi connectivity index (χ1v) is 7.60. The Labute approximate surface area is 125 Å². The number of carbonyl (C=O) groups is 1. The first kappa shape index (κ1) is 14.1. The lowest BCUT2D eigenvalue weighted by molar-refractivity contribution is -0.130. The molecule has 1 atom stereocenters. The van der Waals surface area contributed by atoms with Crippen LogP contribution in [0.15, 0.2) is 30.3 Å². The van der Waals surface area contributed by atoms with E-state index < -0.39 is 0 Å². The molecule has 0 N–H and O–H groups in total. The zero-order chi connectivity index (χ0) is 13.4. The lowest BCUT2D eigenvalue weighted by atomic mass is 10.1. The maximum atomic E-state index is 11.8. The normalized spacial score (nSPS) is 24.7. The summed E-state index contributed by atoms with van der Waals surface area (Å²) in [5.41, 5.74) is 1.29. The Bertz CT molecular complexity index is 446. The number of amides is 1. The molecule has 1 aliphatic carbocycles. The fraction of sp³-hybridized carbons (Fsp3) is 0.500. The molecule has 1 aromatic rings. The molecule has 1 aromatic carbocycles. The number of nitrogens with zero attached hydrogens (tertiary/aromatic N) is 1. The van der Waals surface area contributed by atoms with E-state index in [1.165, 1.54) is 5.56 Å². The van der Waals surface area contributed by atoms with Crippen LogP contribution >= 0.6 is 31.9 Å². The average Bonchev–Trinajstić information content (AvgIpc) is 2.78. The number of hydrogen-bond donors (Lipinski definition) is 0. The second-order valence-corrected chi connectivity index (χ2v) is 9.07. The maximum Gasteiger partial charge on any atom is 0.219 e. The zero-order valence-electron chi connectivity index (χ0n) is 10.6. The van der Waals surface area contributed by atoms with Crippen molar-refractivity contribution in [1.29, 1.82) is 0 Å². The Morgan fingerprint density at radius 1 is 1.33 bits per heavy atom. The van der Waals surface area contributed by atoms with E-state index in [4.69, 9.17) is 0 Å². The molecule has 2 nitrogen and oxygen atoms in total. The molecule has 2 rings (SSSR count). The van der Waals surface area contributed by atoms with Crippen molar-refractivity contribution in [2.45, 2.75) is 30.0 Å². The van der Waals surface area contributed by atoms with Gasteiger partial charge in [0.15, 0.2) is 0 Å². The predicted octanol–water partition coefficient (Wildman–Crippen LogP) is 3.93. The second-order valence-electron chi connectivity index (χ2n) is 5.30. The SMILES string of the molecule is CC(=O)N(Cc1ccccc1)C[C@@]1(C)CC1(Br)Br. The van der Waals surface area contributed by atoms with Crippen molar-refractivity contribution in [2.75, 3.05) is 6.54 Å². The highest BCUT2D eigenvalue weighted by Gasteiger charge is 2.62. The highest BCUT2D eigenvalue weighted by atomic mass is 79.9. The molecule has 1 aliphatic rings. The van der Waals surface area contributed by atoms with Crippen molar-refractivity contribution >= 4 is 37.8 Å². The molecule has 0 bridgehead atoms. The molecular weight excluding hydrogens is 358 g/mol. The lowest BCUT2D eigenvalue weighted by Crippen LogP contribution is -2.34. The number of hydrogen-bond acceptors (Lipinski definition) is 1. The minimum atomic E-state index is -0.00259. The molecular formula is C14H17Br2NO. The van der Waals surface area contributed by atoms with Crippen LogP contribution in [0.1, 0.15) is 25.8 Å². The van der Waals surface area contributed by atoms with E-state index in [1.807, 2.05) is 23.1 Å². The summed E-state index contributed by atoms with van der Waals surface area (Å²) >= 11 is 7.30. The van der Waals surface area contributed by atoms with Crippen LogP contribution in [0, 0.1) is 5.41 Å². The summed E-state index contributed by atoms with van der Waals surface area (Å²) in [6, 6.07) is 10.1. The minimum absolute atomic E-state index is 0.00259. The van der Waals surface area contributed by atoms with Gasteiger partial charge in [-0.05, 0) is 12.0 Å². The molecule has 0 unspecified atom stereocenters. The third-order valence-electron chi connectivity index (χ3n) is 3.57. The van der Waals surface area contributed by atoms with Crippen LogP contribution in [0.2, 0.25) is 0 Å². The van der Waals surface area contributed by atoms with Gasteiger partial charge in [-0.15, -0.1) is 0 Å². The van der Waals surface area contributed by atoms with Gasteiger partial charge in [0.05, 0.1) is 3.23 Å². The van der Waals surface area contributed by atoms with Gasteiger partial charge in [-0.25, -0.2) is 0 Å². The first-order valence-electron chi connectivity index (χ1n) is 6.01. The van der Waals surface area contributed by atoms with E-state index in [2.05, 4.69) is 50.9 Å². The van der Waals surface area contributed by atoms with Gasteiger partial charge >= 0.3 is 0 Å². The topological polar surface area (TPSA) is 20.3 Å². The number of benzene rings is 1. The second kappa shape index (κ2) is 4.97. The molecule has 1 saturated carbocycles. The fourth-order valence-corrected chi connectivity index (χ4v) is 3.61. The van der Waals surface area contributed by atoms with Crippen LogP contribution in [0.4, 0.5) is 0 Å². The van der Waals surface area contributed by atoms with Crippen molar-refractivity contribution in [2.24, 2.45) is 5.41 Å². The van der Waals surface area contributed by atoms with Gasteiger partial charge in [0.2, 0.25) is 5.91 Å². The smallest absolute Gasteiger partial charge is 0.219 e. The zero-order valence-corrected chi connectivity index (χ0v) is 13.8. The van der Waals surface area contributed by atoms with Crippen molar-refractivity contribution in [3.05, 3.63) is 35.9 Å². The van der Waals surface area contributed by atoms with E-state index in [0.717, 1.165) is 13.0 Å². The first-order chi connectivity index (χ1) is 8.34. The van der Waals surface area contributed by atoms with Gasteiger partial charge in [0.1, 0.15) is 0 Å². The molecule has 1 amide bonds. The molecule has 18 heavy (non-hydrogen) atoms. The average molecular weight is 375 g/mol. The van der Waals surface area contributed by atoms with Gasteiger partial charge < -0.3 is 4.90 Å². The third kappa shape index (κ3) is 2.97. The van der Waals surface area contributed by atoms with Crippen LogP contribution < -0.4 is 0 Å². The third-order valence-corrected chi connectivity index (χ3v) is 6.05. The standard InChI is InChI=1S/C14H17Br2NO/c1-11(18)17(8-12-6-4-3-5-7-12)10-13(2)9-14(13,15)16/h3-7H,8-10H2,1-2H3/t13-/m1/s1. The quantitative estimate of drug-likeness (QED) is 0.731. The van der Waals surface area contributed by atoms with Gasteiger partial charge in [0, 0.05) is 25.4 Å². The molecule has 98 valence electrons. The van der Waals surface area contributed by atoms with E-state index in [1.54, 1.807) is 6.92 Å². The summed E-state index contributed by atoms with van der Waals surface area (Å²) in [6.45, 7) is 5.28. The van der Waals surface area contributed by atoms with Gasteiger partial charge in [-0.2, -0.15) is 0 Å². The Balaban J connectivity index is 2.04. The van der Waals surface area contributed by atoms with Gasteiger partial charge in [-0.1, -0.05) is 69.1 Å². The monoisotopic (exact) mass is 373 g/mol. The summed E-state index contributed by atoms with van der Waals surface area (Å²) < 4.78 is -0.00259. The summed E-state index contributed by atoms with van der Waals surface area (Å²) in [6.07, 6.45) is 1.04. The number of alkyl halides is 2. The van der Waals surface area contributed by atoms with E-state index in [0.29, 0.717) is 6.54 Å². The molecule has 0 saturated heterocycles. The van der Waals surface area contributed by atoms with Crippen molar-refractivity contribution < 1.29 is 4.79 Å². The van der Waals surface area contributed by atoms with Crippen molar-refractivity contribution in [3.63, 3.8) is 0 Å². The molecule has 1 fully saturated rings. The highest BCUT2D eigenvalue weighted by Crippen LogP contribution is 2.66. The summed E-state index contributed by atoms with van der Waals surface area (Å²) in [5, 5.41) is 0. The molecule has 0 radical (unpaired) electrons. The highest BCUT2D eigenvalue weighted by molar-refractivity contribution is 9.25. The largest absolute Gasteiger partial charge is 0.338 e. The van der Waals surface area contributed by atoms with Crippen molar-refractivity contribution in [3.8, 4) is 0 Å². The van der Waals surface area contributed by atoms with Crippen LogP contribution in [0.3, 0.4) is 0 Å². The Hall–Kier alpha value is -0.350. The molecule has 0 aromatic heterocycles. The number of carbonyl (C=O) groups excluding carboxylic acids is 1. The van der Waals surface area contributed by atoms with Crippen LogP contribution in [0.25, 0.3) is 0 Å². The molecule has 0 spiro atoms. The predicted molar refractivity (Wildman–Crippen MR) is 80.8 cm³/mol. The van der Waals surface area contributed by atoms with E-state index >= 15 is 0 Å². The minimum Gasteiger partial charge on any atom is -0.338 e. The molecule has 0 aliphatic heterocycles. The van der Waals surface area contributed by atoms with Gasteiger partial charge in [0.25, 0.3) is 0 Å². The number of rotatable bonds is 4. The van der Waals surface area contributed by atoms with Crippen molar-refractivity contribution in [1.82, 2.24) is 4.90 Å². The summed E-state index contributed by atoms with van der Waals surface area (Å²) in [4.78, 5) is 13.7. The van der Waals surface area contributed by atoms with Crippen LogP contribution in [-0.2, 0) is 11.3 Å². The Morgan fingerprint density at radius 2 is 1.89 bits per heavy atom. The Morgan fingerprint density at radius 3 is 2.33 bits per heavy atom. The maximum absolute atomic E-state index is 11.8. The number of halogens is 2.